The lowest BCUT2D eigenvalue weighted by Gasteiger charge is -2.36. The minimum absolute atomic E-state index is 0.250. The van der Waals surface area contributed by atoms with Gasteiger partial charge in [0.2, 0.25) is 0 Å². The highest BCUT2D eigenvalue weighted by atomic mass is 32.2. The second kappa shape index (κ2) is 8.39. The van der Waals surface area contributed by atoms with E-state index in [1.165, 1.54) is 0 Å². The molecule has 20 heavy (non-hydrogen) atoms. The van der Waals surface area contributed by atoms with E-state index in [1.54, 1.807) is 6.92 Å². The number of hydrogen-bond donors (Lipinski definition) is 1. The third-order valence-corrected chi connectivity index (χ3v) is 4.22. The summed E-state index contributed by atoms with van der Waals surface area (Å²) in [7, 11) is -3.95. The van der Waals surface area contributed by atoms with Gasteiger partial charge in [0, 0.05) is 12.0 Å². The fraction of sp³-hybridized carbons (Fsp3) is 0.769. The Kier molecular flexibility index (Phi) is 8.00. The molecule has 0 fully saturated rings. The maximum absolute atomic E-state index is 11.2. The molecular weight excluding hydrogens is 282 g/mol. The Hall–Kier alpha value is -0.920. The van der Waals surface area contributed by atoms with Crippen LogP contribution in [0.15, 0.2) is 12.2 Å². The van der Waals surface area contributed by atoms with Crippen molar-refractivity contribution in [3.8, 4) is 0 Å². The lowest BCUT2D eigenvalue weighted by atomic mass is 10.3. The van der Waals surface area contributed by atoms with E-state index in [0.717, 1.165) is 13.1 Å². The number of nitrogens with zero attached hydrogens (tertiary/aromatic N) is 1. The third-order valence-electron chi connectivity index (χ3n) is 3.52. The summed E-state index contributed by atoms with van der Waals surface area (Å²) in [5, 5.41) is 0. The SMILES string of the molecule is C=C(C)C(=O)OCCC[N+](CC)(CC)CCS(=O)(=O)O. The molecule has 0 aliphatic rings. The van der Waals surface area contributed by atoms with Gasteiger partial charge in [-0.05, 0) is 20.8 Å². The number of carbonyl (C=O) groups excluding carboxylic acids is 1. The molecule has 0 aromatic rings. The van der Waals surface area contributed by atoms with Gasteiger partial charge in [0.05, 0.1) is 32.8 Å². The summed E-state index contributed by atoms with van der Waals surface area (Å²) in [5.74, 6) is -0.658. The summed E-state index contributed by atoms with van der Waals surface area (Å²) in [6, 6.07) is 0. The maximum Gasteiger partial charge on any atom is 0.333 e. The van der Waals surface area contributed by atoms with Crippen molar-refractivity contribution in [2.45, 2.75) is 27.2 Å². The molecule has 0 rings (SSSR count). The van der Waals surface area contributed by atoms with Crippen LogP contribution in [0.5, 0.6) is 0 Å². The zero-order chi connectivity index (χ0) is 15.8. The average Bonchev–Trinajstić information content (AvgIpc) is 2.37. The predicted octanol–water partition coefficient (Wildman–Crippen LogP) is 1.24. The molecule has 1 N–H and O–H groups in total. The number of rotatable bonds is 10. The molecule has 0 unspecified atom stereocenters. The van der Waals surface area contributed by atoms with Crippen LogP contribution in [0.1, 0.15) is 27.2 Å². The summed E-state index contributed by atoms with van der Waals surface area (Å²) in [6.07, 6.45) is 0.645. The Morgan fingerprint density at radius 2 is 1.80 bits per heavy atom. The number of esters is 1. The van der Waals surface area contributed by atoms with Gasteiger partial charge in [0.25, 0.3) is 10.1 Å². The Bertz CT molecular complexity index is 426. The van der Waals surface area contributed by atoms with Crippen molar-refractivity contribution in [1.82, 2.24) is 0 Å². The predicted molar refractivity (Wildman–Crippen MR) is 77.9 cm³/mol. The molecule has 0 bridgehead atoms. The lowest BCUT2D eigenvalue weighted by Crippen LogP contribution is -2.51. The second-order valence-corrected chi connectivity index (χ2v) is 6.55. The molecule has 118 valence electrons. The zero-order valence-electron chi connectivity index (χ0n) is 12.6. The van der Waals surface area contributed by atoms with Gasteiger partial charge < -0.3 is 9.22 Å². The van der Waals surface area contributed by atoms with E-state index in [2.05, 4.69) is 6.58 Å². The summed E-state index contributed by atoms with van der Waals surface area (Å²) in [6.45, 7) is 11.9. The maximum atomic E-state index is 11.2. The van der Waals surface area contributed by atoms with Gasteiger partial charge in [0.15, 0.2) is 0 Å². The first-order valence-electron chi connectivity index (χ1n) is 6.78. The molecule has 0 radical (unpaired) electrons. The summed E-state index contributed by atoms with van der Waals surface area (Å²) < 4.78 is 36.2. The van der Waals surface area contributed by atoms with Crippen LogP contribution in [-0.4, -0.2) is 62.0 Å². The van der Waals surface area contributed by atoms with Crippen molar-refractivity contribution in [2.24, 2.45) is 0 Å². The van der Waals surface area contributed by atoms with Gasteiger partial charge in [-0.3, -0.25) is 4.55 Å². The van der Waals surface area contributed by atoms with Crippen LogP contribution >= 0.6 is 0 Å². The molecule has 0 aliphatic heterocycles. The second-order valence-electron chi connectivity index (χ2n) is 4.98. The molecule has 0 aliphatic carbocycles. The number of hydrogen-bond acceptors (Lipinski definition) is 4. The minimum atomic E-state index is -3.95. The largest absolute Gasteiger partial charge is 0.462 e. The van der Waals surface area contributed by atoms with Crippen LogP contribution < -0.4 is 0 Å². The first-order valence-corrected chi connectivity index (χ1v) is 8.39. The lowest BCUT2D eigenvalue weighted by molar-refractivity contribution is -0.922. The molecule has 0 aromatic carbocycles. The van der Waals surface area contributed by atoms with Crippen molar-refractivity contribution in [3.05, 3.63) is 12.2 Å². The van der Waals surface area contributed by atoms with Gasteiger partial charge in [-0.15, -0.1) is 0 Å². The first kappa shape index (κ1) is 19.1. The van der Waals surface area contributed by atoms with Gasteiger partial charge in [0.1, 0.15) is 5.75 Å². The average molecular weight is 308 g/mol. The normalized spacial score (nSPS) is 12.2. The van der Waals surface area contributed by atoms with E-state index in [1.807, 2.05) is 13.8 Å². The highest BCUT2D eigenvalue weighted by Gasteiger charge is 2.25. The van der Waals surface area contributed by atoms with Gasteiger partial charge in [-0.25, -0.2) is 4.79 Å². The Labute approximate surface area is 121 Å². The third kappa shape index (κ3) is 7.62. The molecule has 6 nitrogen and oxygen atoms in total. The van der Waals surface area contributed by atoms with E-state index in [9.17, 15) is 13.2 Å². The van der Waals surface area contributed by atoms with Crippen molar-refractivity contribution < 1.29 is 27.0 Å². The van der Waals surface area contributed by atoms with Crippen LogP contribution in [0.25, 0.3) is 0 Å². The van der Waals surface area contributed by atoms with Crippen molar-refractivity contribution in [1.29, 1.82) is 0 Å². The highest BCUT2D eigenvalue weighted by molar-refractivity contribution is 7.85. The summed E-state index contributed by atoms with van der Waals surface area (Å²) >= 11 is 0. The standard InChI is InChI=1S/C13H25NO5S/c1-5-14(6-2,9-11-20(16,17)18)8-7-10-19-13(15)12(3)4/h3,5-11H2,1-2,4H3/p+1. The molecule has 0 spiro atoms. The van der Waals surface area contributed by atoms with Crippen LogP contribution in [0, 0.1) is 0 Å². The first-order chi connectivity index (χ1) is 9.16. The number of quaternary nitrogens is 1. The Morgan fingerprint density at radius 1 is 1.25 bits per heavy atom. The number of carbonyl (C=O) groups is 1. The molecule has 0 atom stereocenters. The fourth-order valence-electron chi connectivity index (χ4n) is 1.96. The molecule has 0 saturated carbocycles. The summed E-state index contributed by atoms with van der Waals surface area (Å²) in [5.41, 5.74) is 0.364. The molecular formula is C13H26NO5S+. The Morgan fingerprint density at radius 3 is 2.20 bits per heavy atom. The molecule has 0 amide bonds. The molecule has 0 saturated heterocycles. The van der Waals surface area contributed by atoms with Crippen LogP contribution in [0.4, 0.5) is 0 Å². The van der Waals surface area contributed by atoms with Crippen molar-refractivity contribution >= 4 is 16.1 Å². The minimum Gasteiger partial charge on any atom is -0.462 e. The smallest absolute Gasteiger partial charge is 0.333 e. The zero-order valence-corrected chi connectivity index (χ0v) is 13.4. The quantitative estimate of drug-likeness (QED) is 0.216. The van der Waals surface area contributed by atoms with Gasteiger partial charge in [-0.1, -0.05) is 6.58 Å². The fourth-order valence-corrected chi connectivity index (χ4v) is 2.58. The van der Waals surface area contributed by atoms with E-state index in [-0.39, 0.29) is 12.4 Å². The van der Waals surface area contributed by atoms with E-state index >= 15 is 0 Å². The van der Waals surface area contributed by atoms with E-state index < -0.39 is 16.1 Å². The van der Waals surface area contributed by atoms with Gasteiger partial charge >= 0.3 is 5.97 Å². The van der Waals surface area contributed by atoms with Gasteiger partial charge in [-0.2, -0.15) is 8.42 Å². The van der Waals surface area contributed by atoms with Crippen molar-refractivity contribution in [3.63, 3.8) is 0 Å². The summed E-state index contributed by atoms with van der Waals surface area (Å²) in [4.78, 5) is 11.2. The molecule has 0 aromatic heterocycles. The van der Waals surface area contributed by atoms with E-state index in [4.69, 9.17) is 9.29 Å². The topological polar surface area (TPSA) is 80.7 Å². The molecule has 0 heterocycles. The highest BCUT2D eigenvalue weighted by Crippen LogP contribution is 2.09. The monoisotopic (exact) mass is 308 g/mol. The van der Waals surface area contributed by atoms with Crippen LogP contribution in [0.3, 0.4) is 0 Å². The number of ether oxygens (including phenoxy) is 1. The van der Waals surface area contributed by atoms with Crippen molar-refractivity contribution in [2.75, 3.05) is 38.5 Å². The molecule has 7 heteroatoms. The van der Waals surface area contributed by atoms with Crippen LogP contribution in [-0.2, 0) is 19.6 Å². The Balaban J connectivity index is 4.33. The van der Waals surface area contributed by atoms with Crippen LogP contribution in [0.2, 0.25) is 0 Å². The van der Waals surface area contributed by atoms with E-state index in [0.29, 0.717) is 29.6 Å².